The molecule has 1 aromatic rings. The second kappa shape index (κ2) is 21.6. The molecule has 64 heavy (non-hydrogen) atoms. The number of hydrogen-bond acceptors (Lipinski definition) is 10. The van der Waals surface area contributed by atoms with Gasteiger partial charge in [0, 0.05) is 32.3 Å². The second-order valence-corrected chi connectivity index (χ2v) is 34.7. The molecule has 3 aliphatic heterocycles. The van der Waals surface area contributed by atoms with Gasteiger partial charge < -0.3 is 37.6 Å². The van der Waals surface area contributed by atoms with Gasteiger partial charge in [-0.2, -0.15) is 0 Å². The molecule has 1 aliphatic carbocycles. The third kappa shape index (κ3) is 13.5. The number of aliphatic hydroxyl groups is 1. The van der Waals surface area contributed by atoms with Crippen molar-refractivity contribution in [1.29, 1.82) is 0 Å². The number of ether oxygens (including phenoxy) is 5. The van der Waals surface area contributed by atoms with Crippen molar-refractivity contribution in [2.24, 2.45) is 17.3 Å². The van der Waals surface area contributed by atoms with Crippen molar-refractivity contribution in [3.05, 3.63) is 54.1 Å². The van der Waals surface area contributed by atoms with Gasteiger partial charge in [-0.1, -0.05) is 80.7 Å². The Kier molecular flexibility index (Phi) is 18.1. The topological polar surface area (TPSA) is 119 Å². The Morgan fingerprint density at radius 3 is 2.11 bits per heavy atom. The Balaban J connectivity index is 1.28. The summed E-state index contributed by atoms with van der Waals surface area (Å²) < 4.78 is 73.6. The van der Waals surface area contributed by atoms with Crippen molar-refractivity contribution < 1.29 is 46.1 Å². The van der Waals surface area contributed by atoms with E-state index in [0.717, 1.165) is 82.1 Å². The number of methoxy groups -OCH3 is 1. The standard InChI is InChI=1S/C51H88O10SSi2/c1-16-37-18-22-41(23-19-37)62(53,54)34-42-45(60-46(48(42)55-11)29-40(61-64(14,15)50(7,8)9)33-58-63(12,13)49(4,5)6)30-43(52)36(3)51(10)31-38(32-51)20-24-44-35(2)28-39(59-44)21-25-47-56-26-17-27-57-47/h18-19,22-23,38-40,42-48,52H,2-3,16-17,20-21,24-34H2,1,4-15H3/t38?,39-,40-,42-,43+,44-,45-,46+,48+,51?/m0/s1. The molecule has 1 saturated carbocycles. The predicted molar refractivity (Wildman–Crippen MR) is 262 cm³/mol. The minimum Gasteiger partial charge on any atom is -0.414 e. The van der Waals surface area contributed by atoms with E-state index in [4.69, 9.17) is 32.5 Å². The molecule has 366 valence electrons. The van der Waals surface area contributed by atoms with Crippen LogP contribution in [0.25, 0.3) is 0 Å². The molecule has 0 bridgehead atoms. The average molecular weight is 949 g/mol. The van der Waals surface area contributed by atoms with Gasteiger partial charge in [0.25, 0.3) is 0 Å². The summed E-state index contributed by atoms with van der Waals surface area (Å²) in [7, 11) is -6.49. The van der Waals surface area contributed by atoms with Crippen LogP contribution in [0.4, 0.5) is 0 Å². The Morgan fingerprint density at radius 1 is 0.906 bits per heavy atom. The zero-order valence-electron chi connectivity index (χ0n) is 42.1. The first-order chi connectivity index (χ1) is 29.7. The highest BCUT2D eigenvalue weighted by Gasteiger charge is 2.51. The van der Waals surface area contributed by atoms with Gasteiger partial charge in [0.1, 0.15) is 0 Å². The molecule has 3 saturated heterocycles. The maximum absolute atomic E-state index is 14.2. The van der Waals surface area contributed by atoms with Crippen LogP contribution >= 0.6 is 0 Å². The molecule has 8 atom stereocenters. The van der Waals surface area contributed by atoms with E-state index in [2.05, 4.69) is 94.7 Å². The van der Waals surface area contributed by atoms with Gasteiger partial charge in [-0.05, 0) is 128 Å². The third-order valence-electron chi connectivity index (χ3n) is 16.1. The van der Waals surface area contributed by atoms with Crippen molar-refractivity contribution in [3.63, 3.8) is 0 Å². The van der Waals surface area contributed by atoms with E-state index in [-0.39, 0.29) is 57.2 Å². The fourth-order valence-corrected chi connectivity index (χ4v) is 13.8. The first-order valence-corrected chi connectivity index (χ1v) is 31.9. The van der Waals surface area contributed by atoms with E-state index in [1.165, 1.54) is 5.57 Å². The van der Waals surface area contributed by atoms with Crippen molar-refractivity contribution in [1.82, 2.24) is 0 Å². The lowest BCUT2D eigenvalue weighted by Gasteiger charge is -2.48. The summed E-state index contributed by atoms with van der Waals surface area (Å²) in [6, 6.07) is 7.19. The molecule has 3 heterocycles. The van der Waals surface area contributed by atoms with Gasteiger partial charge in [-0.3, -0.25) is 0 Å². The number of rotatable bonds is 22. The van der Waals surface area contributed by atoms with Crippen LogP contribution in [0.3, 0.4) is 0 Å². The molecule has 0 spiro atoms. The summed E-state index contributed by atoms with van der Waals surface area (Å²) in [6.45, 7) is 37.5. The summed E-state index contributed by atoms with van der Waals surface area (Å²) in [6.07, 6.45) is 6.31. The van der Waals surface area contributed by atoms with E-state index in [1.807, 2.05) is 12.1 Å². The van der Waals surface area contributed by atoms with Crippen molar-refractivity contribution in [2.45, 2.75) is 216 Å². The molecule has 13 heteroatoms. The van der Waals surface area contributed by atoms with Crippen LogP contribution in [0.1, 0.15) is 125 Å². The van der Waals surface area contributed by atoms with Crippen molar-refractivity contribution >= 4 is 26.5 Å². The normalized spacial score (nSPS) is 29.8. The Labute approximate surface area is 391 Å². The zero-order chi connectivity index (χ0) is 47.5. The molecule has 0 unspecified atom stereocenters. The maximum Gasteiger partial charge on any atom is 0.192 e. The molecule has 1 N–H and O–H groups in total. The van der Waals surface area contributed by atoms with Gasteiger partial charge in [-0.25, -0.2) is 8.42 Å². The Hall–Kier alpha value is -1.24. The number of benzene rings is 1. The summed E-state index contributed by atoms with van der Waals surface area (Å²) in [5, 5.41) is 12.0. The molecular weight excluding hydrogens is 861 g/mol. The average Bonchev–Trinajstić information content (AvgIpc) is 3.72. The Bertz CT molecular complexity index is 1790. The van der Waals surface area contributed by atoms with Crippen LogP contribution in [-0.2, 0) is 48.8 Å². The summed E-state index contributed by atoms with van der Waals surface area (Å²) >= 11 is 0. The number of aliphatic hydroxyl groups excluding tert-OH is 1. The van der Waals surface area contributed by atoms with E-state index in [1.54, 1.807) is 19.2 Å². The van der Waals surface area contributed by atoms with Gasteiger partial charge in [0.2, 0.25) is 0 Å². The minimum atomic E-state index is -3.74. The molecule has 4 aliphatic rings. The van der Waals surface area contributed by atoms with Crippen LogP contribution in [-0.4, -0.2) is 112 Å². The highest BCUT2D eigenvalue weighted by molar-refractivity contribution is 7.91. The predicted octanol–water partition coefficient (Wildman–Crippen LogP) is 11.0. The molecular formula is C51H88O10SSi2. The van der Waals surface area contributed by atoms with Gasteiger partial charge in [0.05, 0.1) is 73.2 Å². The number of hydrogen-bond donors (Lipinski definition) is 1. The lowest BCUT2D eigenvalue weighted by atomic mass is 9.57. The summed E-state index contributed by atoms with van der Waals surface area (Å²) in [5.74, 6) is -0.194. The quantitative estimate of drug-likeness (QED) is 0.0889. The summed E-state index contributed by atoms with van der Waals surface area (Å²) in [5.41, 5.74) is 2.81. The number of sulfone groups is 1. The van der Waals surface area contributed by atoms with Crippen molar-refractivity contribution in [2.75, 3.05) is 32.7 Å². The number of aryl methyl sites for hydroxylation is 1. The lowest BCUT2D eigenvalue weighted by Crippen LogP contribution is -2.49. The van der Waals surface area contributed by atoms with Crippen LogP contribution in [0, 0.1) is 17.3 Å². The summed E-state index contributed by atoms with van der Waals surface area (Å²) in [4.78, 5) is 0.285. The maximum atomic E-state index is 14.2. The molecule has 1 aromatic carbocycles. The highest BCUT2D eigenvalue weighted by atomic mass is 32.2. The third-order valence-corrected chi connectivity index (χ3v) is 26.9. The van der Waals surface area contributed by atoms with Crippen LogP contribution in [0.5, 0.6) is 0 Å². The van der Waals surface area contributed by atoms with Crippen molar-refractivity contribution in [3.8, 4) is 0 Å². The molecule has 10 nitrogen and oxygen atoms in total. The van der Waals surface area contributed by atoms with E-state index in [0.29, 0.717) is 18.9 Å². The minimum absolute atomic E-state index is 0.0204. The van der Waals surface area contributed by atoms with Gasteiger partial charge in [0.15, 0.2) is 32.8 Å². The molecule has 5 rings (SSSR count). The highest BCUT2D eigenvalue weighted by Crippen LogP contribution is 2.54. The van der Waals surface area contributed by atoms with Gasteiger partial charge >= 0.3 is 0 Å². The van der Waals surface area contributed by atoms with Crippen LogP contribution < -0.4 is 0 Å². The monoisotopic (exact) mass is 949 g/mol. The first kappa shape index (κ1) is 53.7. The zero-order valence-corrected chi connectivity index (χ0v) is 44.9. The lowest BCUT2D eigenvalue weighted by molar-refractivity contribution is -0.184. The first-order valence-electron chi connectivity index (χ1n) is 24.4. The molecule has 0 aromatic heterocycles. The fraction of sp³-hybridized carbons (Fsp3) is 0.804. The smallest absolute Gasteiger partial charge is 0.192 e. The Morgan fingerprint density at radius 2 is 1.53 bits per heavy atom. The van der Waals surface area contributed by atoms with Crippen LogP contribution in [0.2, 0.25) is 36.3 Å². The SMILES string of the molecule is C=C1C[C@H](CCC2OCCCO2)O[C@H]1CCC1CC(C)(C(=C)[C@H](O)C[C@@H]2O[C@H](C[C@@H](CO[Si](C)(C)C(C)(C)C)O[Si](C)(C)C(C)(C)C)[C@H](OC)[C@H]2CS(=O)(=O)c2ccc(CC)cc2)C1. The van der Waals surface area contributed by atoms with Crippen LogP contribution in [0.15, 0.2) is 53.5 Å². The molecule has 0 radical (unpaired) electrons. The fourth-order valence-electron chi connectivity index (χ4n) is 9.74. The van der Waals surface area contributed by atoms with Gasteiger partial charge in [-0.15, -0.1) is 0 Å². The van der Waals surface area contributed by atoms with E-state index < -0.39 is 56.8 Å². The van der Waals surface area contributed by atoms with E-state index in [9.17, 15) is 13.5 Å². The largest absolute Gasteiger partial charge is 0.414 e. The molecule has 0 amide bonds. The second-order valence-electron chi connectivity index (χ2n) is 23.1. The molecule has 4 fully saturated rings. The van der Waals surface area contributed by atoms with E-state index >= 15 is 0 Å².